The van der Waals surface area contributed by atoms with E-state index in [4.69, 9.17) is 0 Å². The maximum absolute atomic E-state index is 2.92. The molecule has 0 saturated heterocycles. The van der Waals surface area contributed by atoms with Crippen LogP contribution in [0, 0.1) is 0 Å². The summed E-state index contributed by atoms with van der Waals surface area (Å²) in [4.78, 5) is 0. The van der Waals surface area contributed by atoms with Gasteiger partial charge in [-0.25, -0.2) is 0 Å². The van der Waals surface area contributed by atoms with Gasteiger partial charge in [0.05, 0.1) is 0 Å². The topological polar surface area (TPSA) is 0 Å². The molecule has 40 valence electrons. The molecule has 7 heavy (non-hydrogen) atoms. The molecule has 0 rings (SSSR count). The summed E-state index contributed by atoms with van der Waals surface area (Å²) in [7, 11) is -0.925. The Labute approximate surface area is 54.0 Å². The normalized spacial score (nSPS) is 10.1. The first-order valence-corrected chi connectivity index (χ1v) is 6.72. The molecule has 0 amide bonds. The summed E-state index contributed by atoms with van der Waals surface area (Å²) in [5.41, 5.74) is 2.15. The van der Waals surface area contributed by atoms with Gasteiger partial charge in [0.2, 0.25) is 0 Å². The zero-order valence-corrected chi connectivity index (χ0v) is 7.70. The van der Waals surface area contributed by atoms with Gasteiger partial charge in [-0.2, -0.15) is 0 Å². The van der Waals surface area contributed by atoms with Crippen LogP contribution in [-0.2, 0) is 0 Å². The van der Waals surface area contributed by atoms with Crippen molar-refractivity contribution in [2.24, 2.45) is 0 Å². The van der Waals surface area contributed by atoms with Gasteiger partial charge in [-0.05, 0) is 0 Å². The van der Waals surface area contributed by atoms with Crippen LogP contribution in [-0.4, -0.2) is 28.2 Å². The predicted molar refractivity (Wildman–Crippen MR) is 38.7 cm³/mol. The Balaban J connectivity index is 3.80. The summed E-state index contributed by atoms with van der Waals surface area (Å²) in [6.07, 6.45) is 0. The third-order valence-corrected chi connectivity index (χ3v) is 2.22. The van der Waals surface area contributed by atoms with E-state index in [1.165, 1.54) is 0 Å². The zero-order chi connectivity index (χ0) is 5.91. The van der Waals surface area contributed by atoms with Gasteiger partial charge in [0, 0.05) is 0 Å². The number of hydrogen-bond donors (Lipinski definition) is 0. The van der Waals surface area contributed by atoms with Crippen LogP contribution < -0.4 is 0 Å². The van der Waals surface area contributed by atoms with E-state index in [2.05, 4.69) is 45.5 Å². The third-order valence-electron chi connectivity index (χ3n) is 0.492. The van der Waals surface area contributed by atoms with Crippen LogP contribution in [0.2, 0.25) is 19.6 Å². The van der Waals surface area contributed by atoms with E-state index in [9.17, 15) is 0 Å². The molecule has 0 nitrogen and oxygen atoms in total. The molecule has 0 fully saturated rings. The molecule has 0 bridgehead atoms. The monoisotopic (exact) mass is 178 g/mol. The molecule has 0 aliphatic carbocycles. The Morgan fingerprint density at radius 3 is 1.86 bits per heavy atom. The third kappa shape index (κ3) is 6.39. The van der Waals surface area contributed by atoms with Gasteiger partial charge >= 0.3 is 53.6 Å². The van der Waals surface area contributed by atoms with E-state index in [-0.39, 0.29) is 0 Å². The zero-order valence-electron chi connectivity index (χ0n) is 4.99. The maximum atomic E-state index is 2.92. The molecule has 0 aromatic carbocycles. The molecule has 0 radical (unpaired) electrons. The molecule has 0 unspecified atom stereocenters. The second-order valence-corrected chi connectivity index (χ2v) is 8.14. The molecular formula is C5H10SeSi. The van der Waals surface area contributed by atoms with Gasteiger partial charge in [-0.1, -0.05) is 0 Å². The fraction of sp³-hybridized carbons (Fsp3) is 0.600. The van der Waals surface area contributed by atoms with Crippen LogP contribution in [0.1, 0.15) is 0 Å². The van der Waals surface area contributed by atoms with E-state index >= 15 is 0 Å². The standard InChI is InChI=1S/C5H10SeSi/c1-7(2,3)5-4-6/h5H,1-3H3. The Kier molecular flexibility index (Phi) is 2.78. The van der Waals surface area contributed by atoms with Crippen molar-refractivity contribution >= 4 is 28.2 Å². The van der Waals surface area contributed by atoms with Crippen molar-refractivity contribution in [2.45, 2.75) is 19.6 Å². The van der Waals surface area contributed by atoms with Crippen LogP contribution in [0.5, 0.6) is 0 Å². The van der Waals surface area contributed by atoms with Crippen LogP contribution in [0.15, 0.2) is 5.70 Å². The van der Waals surface area contributed by atoms with Crippen molar-refractivity contribution in [1.29, 1.82) is 0 Å². The minimum absolute atomic E-state index is 0.925. The number of hydrogen-bond acceptors (Lipinski definition) is 0. The molecule has 0 aromatic heterocycles. The van der Waals surface area contributed by atoms with Crippen molar-refractivity contribution in [3.63, 3.8) is 0 Å². The first-order valence-electron chi connectivity index (χ1n) is 2.28. The van der Waals surface area contributed by atoms with Gasteiger partial charge in [-0.3, -0.25) is 0 Å². The molecule has 0 heterocycles. The van der Waals surface area contributed by atoms with E-state index in [1.54, 1.807) is 0 Å². The van der Waals surface area contributed by atoms with Gasteiger partial charge in [0.1, 0.15) is 0 Å². The molecule has 2 heteroatoms. The van der Waals surface area contributed by atoms with Gasteiger partial charge in [-0.15, -0.1) is 0 Å². The van der Waals surface area contributed by atoms with Crippen molar-refractivity contribution in [2.75, 3.05) is 0 Å². The van der Waals surface area contributed by atoms with Crippen LogP contribution >= 0.6 is 0 Å². The Morgan fingerprint density at radius 1 is 1.43 bits per heavy atom. The first-order chi connectivity index (χ1) is 3.06. The van der Waals surface area contributed by atoms with Crippen molar-refractivity contribution in [1.82, 2.24) is 0 Å². The quantitative estimate of drug-likeness (QED) is 0.524. The minimum atomic E-state index is -0.925. The average molecular weight is 177 g/mol. The molecule has 0 aliphatic rings. The Hall–Kier alpha value is 0.386. The van der Waals surface area contributed by atoms with Crippen molar-refractivity contribution in [3.05, 3.63) is 5.70 Å². The summed E-state index contributed by atoms with van der Waals surface area (Å²) in [5, 5.41) is 0. The fourth-order valence-electron chi connectivity index (χ4n) is 0.177. The fourth-order valence-corrected chi connectivity index (χ4v) is 2.76. The van der Waals surface area contributed by atoms with E-state index in [1.807, 2.05) is 0 Å². The molecule has 0 atom stereocenters. The SMILES string of the molecule is C[Si](C)(C)C=C=[Se]. The summed E-state index contributed by atoms with van der Waals surface area (Å²) < 4.78 is 2.92. The molecule has 0 aromatic rings. The average Bonchev–Trinajstić information content (AvgIpc) is 1.30. The molecule has 0 saturated carbocycles. The van der Waals surface area contributed by atoms with Crippen molar-refractivity contribution in [3.8, 4) is 0 Å². The second-order valence-electron chi connectivity index (χ2n) is 2.63. The number of rotatable bonds is 1. The van der Waals surface area contributed by atoms with E-state index < -0.39 is 8.07 Å². The molecule has 0 spiro atoms. The Bertz CT molecular complexity index is 95.1. The second kappa shape index (κ2) is 2.63. The Morgan fingerprint density at radius 2 is 1.86 bits per heavy atom. The van der Waals surface area contributed by atoms with Crippen molar-refractivity contribution < 1.29 is 0 Å². The van der Waals surface area contributed by atoms with Crippen LogP contribution in [0.4, 0.5) is 0 Å². The summed E-state index contributed by atoms with van der Waals surface area (Å²) >= 11 is 2.73. The van der Waals surface area contributed by atoms with Gasteiger partial charge in [0.15, 0.2) is 0 Å². The van der Waals surface area contributed by atoms with E-state index in [0.29, 0.717) is 0 Å². The van der Waals surface area contributed by atoms with Crippen LogP contribution in [0.25, 0.3) is 0 Å². The van der Waals surface area contributed by atoms with Gasteiger partial charge in [0.25, 0.3) is 0 Å². The van der Waals surface area contributed by atoms with Crippen LogP contribution in [0.3, 0.4) is 0 Å². The van der Waals surface area contributed by atoms with E-state index in [0.717, 1.165) is 0 Å². The summed E-state index contributed by atoms with van der Waals surface area (Å²) in [5.74, 6) is 0. The predicted octanol–water partition coefficient (Wildman–Crippen LogP) is 0.990. The summed E-state index contributed by atoms with van der Waals surface area (Å²) in [6.45, 7) is 6.83. The first kappa shape index (κ1) is 7.39. The molecule has 0 N–H and O–H groups in total. The molecular weight excluding hydrogens is 167 g/mol. The molecule has 0 aliphatic heterocycles. The van der Waals surface area contributed by atoms with Gasteiger partial charge < -0.3 is 0 Å². The summed E-state index contributed by atoms with van der Waals surface area (Å²) in [6, 6.07) is 0.